The zero-order chi connectivity index (χ0) is 13.2. The van der Waals surface area contributed by atoms with Crippen molar-refractivity contribution >= 4 is 11.6 Å². The Labute approximate surface area is 109 Å². The number of hydrogen-bond donors (Lipinski definition) is 2. The number of benzene rings is 1. The maximum Gasteiger partial charge on any atom is 0.242 e. The number of carbonyl (C=O) groups is 1. The van der Waals surface area contributed by atoms with Gasteiger partial charge in [-0.15, -0.1) is 0 Å². The van der Waals surface area contributed by atoms with E-state index in [-0.39, 0.29) is 23.6 Å². The number of nitrogens with one attached hydrogen (secondary N) is 2. The predicted octanol–water partition coefficient (Wildman–Crippen LogP) is 2.67. The minimum atomic E-state index is -0.308. The number of carbonyl (C=O) groups excluding carboxylic acids is 1. The fraction of sp³-hybridized carbons (Fsp3) is 0.214. The van der Waals surface area contributed by atoms with Crippen molar-refractivity contribution in [3.05, 3.63) is 54.2 Å². The third-order valence-electron chi connectivity index (χ3n) is 3.21. The highest BCUT2D eigenvalue weighted by molar-refractivity contribution is 5.83. The summed E-state index contributed by atoms with van der Waals surface area (Å²) in [7, 11) is 0. The van der Waals surface area contributed by atoms with Crippen LogP contribution in [0.25, 0.3) is 0 Å². The van der Waals surface area contributed by atoms with Gasteiger partial charge in [-0.25, -0.2) is 4.39 Å². The first-order valence-corrected chi connectivity index (χ1v) is 6.09. The average molecular weight is 260 g/mol. The van der Waals surface area contributed by atoms with Crippen LogP contribution in [0.2, 0.25) is 0 Å². The summed E-state index contributed by atoms with van der Waals surface area (Å²) >= 11 is 0. The van der Waals surface area contributed by atoms with Gasteiger partial charge in [0, 0.05) is 5.92 Å². The molecule has 1 aromatic carbocycles. The molecule has 2 N–H and O–H groups in total. The molecule has 1 aromatic heterocycles. The third-order valence-corrected chi connectivity index (χ3v) is 3.21. The van der Waals surface area contributed by atoms with E-state index >= 15 is 0 Å². The molecule has 4 nitrogen and oxygen atoms in total. The number of rotatable bonds is 4. The highest BCUT2D eigenvalue weighted by Gasteiger charge is 2.45. The topological polar surface area (TPSA) is 54.3 Å². The summed E-state index contributed by atoms with van der Waals surface area (Å²) in [5.41, 5.74) is 6.02. The van der Waals surface area contributed by atoms with E-state index in [1.165, 1.54) is 12.1 Å². The lowest BCUT2D eigenvalue weighted by Crippen LogP contribution is -2.31. The van der Waals surface area contributed by atoms with Gasteiger partial charge in [-0.05, 0) is 42.8 Å². The van der Waals surface area contributed by atoms with Crippen LogP contribution in [0, 0.1) is 11.7 Å². The van der Waals surface area contributed by atoms with Crippen molar-refractivity contribution in [2.24, 2.45) is 5.92 Å². The molecule has 1 heterocycles. The van der Waals surface area contributed by atoms with E-state index in [1.807, 2.05) is 12.1 Å². The van der Waals surface area contributed by atoms with Gasteiger partial charge >= 0.3 is 0 Å². The lowest BCUT2D eigenvalue weighted by Gasteiger charge is -2.07. The highest BCUT2D eigenvalue weighted by atomic mass is 19.1. The lowest BCUT2D eigenvalue weighted by molar-refractivity contribution is -0.121. The van der Waals surface area contributed by atoms with Gasteiger partial charge in [0.15, 0.2) is 0 Å². The van der Waals surface area contributed by atoms with Crippen LogP contribution in [0.5, 0.6) is 0 Å². The standard InChI is InChI=1S/C14H13FN2O2/c15-9-3-5-10(6-4-9)16-17-14(18)12-8-11(12)13-2-1-7-19-13/h1-7,11-12,16H,8H2,(H,17,18)/t11-,12+/m1/s1. The Morgan fingerprint density at radius 2 is 2.05 bits per heavy atom. The summed E-state index contributed by atoms with van der Waals surface area (Å²) in [5, 5.41) is 0. The number of anilines is 1. The van der Waals surface area contributed by atoms with Crippen LogP contribution in [0.1, 0.15) is 18.1 Å². The third kappa shape index (κ3) is 2.59. The lowest BCUT2D eigenvalue weighted by atomic mass is 10.2. The highest BCUT2D eigenvalue weighted by Crippen LogP contribution is 2.47. The van der Waals surface area contributed by atoms with Gasteiger partial charge in [-0.2, -0.15) is 0 Å². The molecule has 3 rings (SSSR count). The minimum Gasteiger partial charge on any atom is -0.469 e. The second-order valence-electron chi connectivity index (χ2n) is 4.59. The Balaban J connectivity index is 1.52. The molecular formula is C14H13FN2O2. The smallest absolute Gasteiger partial charge is 0.242 e. The van der Waals surface area contributed by atoms with E-state index in [1.54, 1.807) is 18.4 Å². The Morgan fingerprint density at radius 3 is 2.74 bits per heavy atom. The van der Waals surface area contributed by atoms with E-state index in [2.05, 4.69) is 10.9 Å². The van der Waals surface area contributed by atoms with E-state index in [0.717, 1.165) is 12.2 Å². The maximum atomic E-state index is 12.7. The summed E-state index contributed by atoms with van der Waals surface area (Å²) in [6, 6.07) is 9.48. The fourth-order valence-corrected chi connectivity index (χ4v) is 2.06. The second-order valence-corrected chi connectivity index (χ2v) is 4.59. The van der Waals surface area contributed by atoms with Gasteiger partial charge in [0.2, 0.25) is 5.91 Å². The first-order chi connectivity index (χ1) is 9.24. The number of hydrogen-bond acceptors (Lipinski definition) is 3. The van der Waals surface area contributed by atoms with Crippen molar-refractivity contribution in [3.63, 3.8) is 0 Å². The van der Waals surface area contributed by atoms with Crippen LogP contribution in [-0.4, -0.2) is 5.91 Å². The molecule has 19 heavy (non-hydrogen) atoms. The van der Waals surface area contributed by atoms with Crippen LogP contribution in [-0.2, 0) is 4.79 Å². The zero-order valence-corrected chi connectivity index (χ0v) is 10.1. The normalized spacial score (nSPS) is 20.9. The molecule has 2 atom stereocenters. The zero-order valence-electron chi connectivity index (χ0n) is 10.1. The first-order valence-electron chi connectivity index (χ1n) is 6.09. The van der Waals surface area contributed by atoms with Gasteiger partial charge in [-0.1, -0.05) is 0 Å². The second kappa shape index (κ2) is 4.76. The Morgan fingerprint density at radius 1 is 1.26 bits per heavy atom. The van der Waals surface area contributed by atoms with E-state index in [9.17, 15) is 9.18 Å². The van der Waals surface area contributed by atoms with Gasteiger partial charge in [0.05, 0.1) is 17.9 Å². The molecule has 1 aliphatic rings. The molecule has 0 unspecified atom stereocenters. The van der Waals surface area contributed by atoms with Crippen LogP contribution >= 0.6 is 0 Å². The molecule has 0 spiro atoms. The van der Waals surface area contributed by atoms with E-state index < -0.39 is 0 Å². The van der Waals surface area contributed by atoms with Gasteiger partial charge in [-0.3, -0.25) is 15.6 Å². The Hall–Kier alpha value is -2.30. The number of halogens is 1. The quantitative estimate of drug-likeness (QED) is 0.831. The molecule has 0 radical (unpaired) electrons. The average Bonchev–Trinajstić information content (AvgIpc) is 3.04. The van der Waals surface area contributed by atoms with Gasteiger partial charge < -0.3 is 4.42 Å². The fourth-order valence-electron chi connectivity index (χ4n) is 2.06. The van der Waals surface area contributed by atoms with E-state index in [0.29, 0.717) is 5.69 Å². The van der Waals surface area contributed by atoms with Crippen LogP contribution < -0.4 is 10.9 Å². The van der Waals surface area contributed by atoms with Crippen molar-refractivity contribution in [1.82, 2.24) is 5.43 Å². The summed E-state index contributed by atoms with van der Waals surface area (Å²) < 4.78 is 18.0. The van der Waals surface area contributed by atoms with Crippen LogP contribution in [0.4, 0.5) is 10.1 Å². The summed E-state index contributed by atoms with van der Waals surface area (Å²) in [5.74, 6) is 0.578. The first kappa shape index (κ1) is 11.8. The van der Waals surface area contributed by atoms with Crippen LogP contribution in [0.3, 0.4) is 0 Å². The summed E-state index contributed by atoms with van der Waals surface area (Å²) in [6.07, 6.45) is 2.41. The van der Waals surface area contributed by atoms with Gasteiger partial charge in [0.1, 0.15) is 11.6 Å². The number of hydrazine groups is 1. The van der Waals surface area contributed by atoms with Crippen molar-refractivity contribution in [2.45, 2.75) is 12.3 Å². The molecule has 0 saturated heterocycles. The summed E-state index contributed by atoms with van der Waals surface area (Å²) in [6.45, 7) is 0. The molecule has 1 aliphatic carbocycles. The Kier molecular flexibility index (Phi) is 2.95. The molecule has 5 heteroatoms. The van der Waals surface area contributed by atoms with Crippen molar-refractivity contribution in [2.75, 3.05) is 5.43 Å². The number of amides is 1. The number of furan rings is 1. The Bertz CT molecular complexity index is 566. The van der Waals surface area contributed by atoms with E-state index in [4.69, 9.17) is 4.42 Å². The maximum absolute atomic E-state index is 12.7. The van der Waals surface area contributed by atoms with Crippen molar-refractivity contribution < 1.29 is 13.6 Å². The molecular weight excluding hydrogens is 247 g/mol. The molecule has 1 amide bonds. The minimum absolute atomic E-state index is 0.0564. The van der Waals surface area contributed by atoms with Crippen molar-refractivity contribution in [1.29, 1.82) is 0 Å². The van der Waals surface area contributed by atoms with Gasteiger partial charge in [0.25, 0.3) is 0 Å². The predicted molar refractivity (Wildman–Crippen MR) is 67.7 cm³/mol. The molecule has 0 aliphatic heterocycles. The van der Waals surface area contributed by atoms with Crippen molar-refractivity contribution in [3.8, 4) is 0 Å². The molecule has 1 saturated carbocycles. The molecule has 0 bridgehead atoms. The monoisotopic (exact) mass is 260 g/mol. The van der Waals surface area contributed by atoms with Crippen LogP contribution in [0.15, 0.2) is 47.1 Å². The molecule has 2 aromatic rings. The summed E-state index contributed by atoms with van der Waals surface area (Å²) in [4.78, 5) is 11.9. The SMILES string of the molecule is O=C(NNc1ccc(F)cc1)[C@H]1C[C@H]1c1ccco1. The largest absolute Gasteiger partial charge is 0.469 e. The molecule has 98 valence electrons. The molecule has 1 fully saturated rings.